The Bertz CT molecular complexity index is 572. The lowest BCUT2D eigenvalue weighted by Gasteiger charge is -2.22. The van der Waals surface area contributed by atoms with Crippen LogP contribution in [-0.4, -0.2) is 52.0 Å². The summed E-state index contributed by atoms with van der Waals surface area (Å²) in [6.07, 6.45) is 6.83. The first-order chi connectivity index (χ1) is 11.9. The van der Waals surface area contributed by atoms with Gasteiger partial charge in [0.25, 0.3) is 0 Å². The molecule has 2 aliphatic rings. The predicted octanol–water partition coefficient (Wildman–Crippen LogP) is 2.98. The van der Waals surface area contributed by atoms with Crippen molar-refractivity contribution in [1.82, 2.24) is 19.9 Å². The van der Waals surface area contributed by atoms with E-state index in [0.29, 0.717) is 24.3 Å². The van der Waals surface area contributed by atoms with Gasteiger partial charge in [0.1, 0.15) is 0 Å². The molecule has 0 bridgehead atoms. The van der Waals surface area contributed by atoms with Crippen LogP contribution in [0, 0.1) is 5.92 Å². The van der Waals surface area contributed by atoms with Crippen LogP contribution in [0.2, 0.25) is 0 Å². The van der Waals surface area contributed by atoms with Crippen molar-refractivity contribution in [2.75, 3.05) is 26.2 Å². The molecule has 1 aromatic heterocycles. The number of rotatable bonds is 4. The number of amides is 1. The first-order valence-corrected chi connectivity index (χ1v) is 9.75. The zero-order valence-electron chi connectivity index (χ0n) is 16.0. The molecule has 140 valence electrons. The van der Waals surface area contributed by atoms with E-state index < -0.39 is 0 Å². The molecule has 0 radical (unpaired) electrons. The summed E-state index contributed by atoms with van der Waals surface area (Å²) in [7, 11) is 0. The van der Waals surface area contributed by atoms with Crippen molar-refractivity contribution in [3.05, 3.63) is 11.7 Å². The zero-order chi connectivity index (χ0) is 17.9. The molecule has 1 aliphatic heterocycles. The fourth-order valence-electron chi connectivity index (χ4n) is 3.79. The summed E-state index contributed by atoms with van der Waals surface area (Å²) in [5.41, 5.74) is -0.118. The smallest absolute Gasteiger partial charge is 0.232 e. The zero-order valence-corrected chi connectivity index (χ0v) is 16.0. The number of hydrogen-bond donors (Lipinski definition) is 0. The van der Waals surface area contributed by atoms with E-state index in [1.165, 1.54) is 25.7 Å². The Kier molecular flexibility index (Phi) is 5.77. The molecule has 0 N–H and O–H groups in total. The van der Waals surface area contributed by atoms with E-state index >= 15 is 0 Å². The molecule has 2 heterocycles. The molecule has 1 saturated heterocycles. The molecule has 1 saturated carbocycles. The van der Waals surface area contributed by atoms with Crippen LogP contribution in [0.15, 0.2) is 4.52 Å². The second-order valence-corrected chi connectivity index (χ2v) is 8.63. The molecule has 0 aromatic carbocycles. The van der Waals surface area contributed by atoms with E-state index in [0.717, 1.165) is 44.8 Å². The molecule has 0 atom stereocenters. The Morgan fingerprint density at radius 1 is 1.12 bits per heavy atom. The number of aromatic nitrogens is 2. The molecule has 1 aromatic rings. The molecule has 1 aliphatic carbocycles. The van der Waals surface area contributed by atoms with Gasteiger partial charge in [-0.05, 0) is 25.2 Å². The minimum Gasteiger partial charge on any atom is -0.341 e. The maximum absolute atomic E-state index is 12.6. The SMILES string of the molecule is CC(C)(C)c1nc(CN2CCCN(C(=O)CC3CCCC3)CC2)no1. The van der Waals surface area contributed by atoms with Crippen LogP contribution in [0.1, 0.15) is 71.0 Å². The second kappa shape index (κ2) is 7.85. The average Bonchev–Trinajstić information content (AvgIpc) is 3.16. The third-order valence-electron chi connectivity index (χ3n) is 5.35. The van der Waals surface area contributed by atoms with Gasteiger partial charge in [-0.2, -0.15) is 4.98 Å². The van der Waals surface area contributed by atoms with Crippen LogP contribution in [0.25, 0.3) is 0 Å². The van der Waals surface area contributed by atoms with Gasteiger partial charge < -0.3 is 9.42 Å². The van der Waals surface area contributed by atoms with Gasteiger partial charge >= 0.3 is 0 Å². The van der Waals surface area contributed by atoms with Gasteiger partial charge in [0.05, 0.1) is 6.54 Å². The summed E-state index contributed by atoms with van der Waals surface area (Å²) in [6.45, 7) is 10.5. The Balaban J connectivity index is 1.49. The lowest BCUT2D eigenvalue weighted by Crippen LogP contribution is -2.35. The highest BCUT2D eigenvalue weighted by atomic mass is 16.5. The normalized spacial score (nSPS) is 20.8. The fraction of sp³-hybridized carbons (Fsp3) is 0.842. The van der Waals surface area contributed by atoms with Crippen LogP contribution in [0.4, 0.5) is 0 Å². The van der Waals surface area contributed by atoms with E-state index in [1.807, 2.05) is 0 Å². The molecule has 0 unspecified atom stereocenters. The van der Waals surface area contributed by atoms with Crippen molar-refractivity contribution in [1.29, 1.82) is 0 Å². The third-order valence-corrected chi connectivity index (χ3v) is 5.35. The summed E-state index contributed by atoms with van der Waals surface area (Å²) in [5.74, 6) is 2.41. The van der Waals surface area contributed by atoms with Crippen LogP contribution >= 0.6 is 0 Å². The third kappa shape index (κ3) is 5.03. The van der Waals surface area contributed by atoms with E-state index in [1.54, 1.807) is 0 Å². The van der Waals surface area contributed by atoms with Gasteiger partial charge in [-0.25, -0.2) is 0 Å². The molecule has 6 nitrogen and oxygen atoms in total. The summed E-state index contributed by atoms with van der Waals surface area (Å²) in [5, 5.41) is 4.12. The Morgan fingerprint density at radius 3 is 2.56 bits per heavy atom. The second-order valence-electron chi connectivity index (χ2n) is 8.63. The summed E-state index contributed by atoms with van der Waals surface area (Å²) in [6, 6.07) is 0. The minimum atomic E-state index is -0.118. The van der Waals surface area contributed by atoms with Gasteiger partial charge in [0.15, 0.2) is 5.82 Å². The topological polar surface area (TPSA) is 62.5 Å². The van der Waals surface area contributed by atoms with Gasteiger partial charge in [-0.1, -0.05) is 38.8 Å². The highest BCUT2D eigenvalue weighted by Gasteiger charge is 2.25. The predicted molar refractivity (Wildman–Crippen MR) is 96.0 cm³/mol. The number of nitrogens with zero attached hydrogens (tertiary/aromatic N) is 4. The summed E-state index contributed by atoms with van der Waals surface area (Å²) < 4.78 is 5.38. The van der Waals surface area contributed by atoms with Crippen molar-refractivity contribution in [3.8, 4) is 0 Å². The Hall–Kier alpha value is -1.43. The van der Waals surface area contributed by atoms with Crippen molar-refractivity contribution >= 4 is 5.91 Å². The average molecular weight is 348 g/mol. The Labute approximate surface area is 150 Å². The first kappa shape index (κ1) is 18.4. The van der Waals surface area contributed by atoms with Crippen molar-refractivity contribution < 1.29 is 9.32 Å². The van der Waals surface area contributed by atoms with E-state index in [9.17, 15) is 4.79 Å². The molecule has 2 fully saturated rings. The van der Waals surface area contributed by atoms with Crippen molar-refractivity contribution in [2.45, 2.75) is 71.3 Å². The van der Waals surface area contributed by atoms with Gasteiger partial charge in [0.2, 0.25) is 11.8 Å². The molecular formula is C19H32N4O2. The molecule has 6 heteroatoms. The van der Waals surface area contributed by atoms with Gasteiger partial charge in [0, 0.05) is 38.0 Å². The largest absolute Gasteiger partial charge is 0.341 e. The number of carbonyl (C=O) groups is 1. The maximum Gasteiger partial charge on any atom is 0.232 e. The van der Waals surface area contributed by atoms with Crippen LogP contribution in [0.5, 0.6) is 0 Å². The fourth-order valence-corrected chi connectivity index (χ4v) is 3.79. The van der Waals surface area contributed by atoms with Crippen molar-refractivity contribution in [3.63, 3.8) is 0 Å². The van der Waals surface area contributed by atoms with E-state index in [-0.39, 0.29) is 5.41 Å². The lowest BCUT2D eigenvalue weighted by molar-refractivity contribution is -0.132. The standard InChI is InChI=1S/C19H32N4O2/c1-19(2,3)18-20-16(21-25-18)14-22-9-6-10-23(12-11-22)17(24)13-15-7-4-5-8-15/h15H,4-14H2,1-3H3. The van der Waals surface area contributed by atoms with Crippen LogP contribution in [0.3, 0.4) is 0 Å². The van der Waals surface area contributed by atoms with Gasteiger partial charge in [-0.15, -0.1) is 0 Å². The van der Waals surface area contributed by atoms with E-state index in [2.05, 4.69) is 40.7 Å². The van der Waals surface area contributed by atoms with Crippen LogP contribution < -0.4 is 0 Å². The Morgan fingerprint density at radius 2 is 1.88 bits per heavy atom. The first-order valence-electron chi connectivity index (χ1n) is 9.75. The quantitative estimate of drug-likeness (QED) is 0.837. The monoisotopic (exact) mass is 348 g/mol. The molecule has 25 heavy (non-hydrogen) atoms. The highest BCUT2D eigenvalue weighted by molar-refractivity contribution is 5.76. The minimum absolute atomic E-state index is 0.118. The van der Waals surface area contributed by atoms with Crippen molar-refractivity contribution in [2.24, 2.45) is 5.92 Å². The van der Waals surface area contributed by atoms with E-state index in [4.69, 9.17) is 4.52 Å². The number of hydrogen-bond acceptors (Lipinski definition) is 5. The highest BCUT2D eigenvalue weighted by Crippen LogP contribution is 2.28. The molecule has 3 rings (SSSR count). The number of carbonyl (C=O) groups excluding carboxylic acids is 1. The maximum atomic E-state index is 12.6. The molecular weight excluding hydrogens is 316 g/mol. The summed E-state index contributed by atoms with van der Waals surface area (Å²) in [4.78, 5) is 21.5. The lowest BCUT2D eigenvalue weighted by atomic mass is 9.97. The molecule has 0 spiro atoms. The van der Waals surface area contributed by atoms with Crippen LogP contribution in [-0.2, 0) is 16.8 Å². The summed E-state index contributed by atoms with van der Waals surface area (Å²) >= 11 is 0. The molecule has 1 amide bonds. The van der Waals surface area contributed by atoms with Gasteiger partial charge in [-0.3, -0.25) is 9.69 Å².